The monoisotopic (exact) mass is 425 g/mol. The summed E-state index contributed by atoms with van der Waals surface area (Å²) in [5.41, 5.74) is 1.96. The molecule has 0 bridgehead atoms. The van der Waals surface area contributed by atoms with Gasteiger partial charge in [0.25, 0.3) is 0 Å². The summed E-state index contributed by atoms with van der Waals surface area (Å²) in [4.78, 5) is 4.76. The Morgan fingerprint density at radius 1 is 1.03 bits per heavy atom. The molecule has 1 saturated carbocycles. The van der Waals surface area contributed by atoms with Crippen molar-refractivity contribution in [3.8, 4) is 11.4 Å². The Labute approximate surface area is 178 Å². The summed E-state index contributed by atoms with van der Waals surface area (Å²) in [7, 11) is -3.67. The summed E-state index contributed by atoms with van der Waals surface area (Å²) < 4.78 is 34.0. The number of sulfonamides is 1. The fraction of sp³-hybridized carbons (Fsp3) is 0.391. The normalized spacial score (nSPS) is 15.3. The third-order valence-corrected chi connectivity index (χ3v) is 7.59. The van der Waals surface area contributed by atoms with Crippen LogP contribution in [-0.2, 0) is 16.6 Å². The molecule has 6 nitrogen and oxygen atoms in total. The van der Waals surface area contributed by atoms with Gasteiger partial charge in [-0.2, -0.15) is 9.29 Å². The van der Waals surface area contributed by atoms with Crippen LogP contribution < -0.4 is 0 Å². The zero-order valence-corrected chi connectivity index (χ0v) is 18.2. The van der Waals surface area contributed by atoms with E-state index in [4.69, 9.17) is 4.52 Å². The number of rotatable bonds is 7. The molecular formula is C23H27N3O3S. The maximum Gasteiger partial charge on any atom is 0.243 e. The number of nitrogens with zero attached hydrogens (tertiary/aromatic N) is 3. The molecule has 2 aromatic carbocycles. The van der Waals surface area contributed by atoms with Gasteiger partial charge >= 0.3 is 0 Å². The average Bonchev–Trinajstić information content (AvgIpc) is 3.45. The lowest BCUT2D eigenvalue weighted by molar-refractivity contribution is 0.268. The summed E-state index contributed by atoms with van der Waals surface area (Å²) >= 11 is 0. The van der Waals surface area contributed by atoms with Crippen LogP contribution in [-0.4, -0.2) is 28.9 Å². The van der Waals surface area contributed by atoms with E-state index < -0.39 is 10.0 Å². The van der Waals surface area contributed by atoms with Gasteiger partial charge in [-0.3, -0.25) is 0 Å². The summed E-state index contributed by atoms with van der Waals surface area (Å²) in [5.74, 6) is 1.13. The SMILES string of the molecule is CC(C)c1ccc(S(=O)(=O)N(Cc2nc(-c3ccccc3)no2)C2CCCC2)cc1. The van der Waals surface area contributed by atoms with Crippen molar-refractivity contribution in [2.45, 2.75) is 62.9 Å². The Kier molecular flexibility index (Phi) is 6.01. The molecule has 1 heterocycles. The minimum atomic E-state index is -3.67. The maximum atomic E-state index is 13.5. The van der Waals surface area contributed by atoms with E-state index >= 15 is 0 Å². The second kappa shape index (κ2) is 8.70. The molecule has 30 heavy (non-hydrogen) atoms. The smallest absolute Gasteiger partial charge is 0.243 e. The van der Waals surface area contributed by atoms with Crippen LogP contribution in [0.1, 0.15) is 56.9 Å². The molecule has 0 saturated heterocycles. The standard InChI is InChI=1S/C23H27N3O3S/c1-17(2)18-12-14-21(15-13-18)30(27,28)26(20-10-6-7-11-20)16-22-24-23(25-29-22)19-8-4-3-5-9-19/h3-5,8-9,12-15,17,20H,6-7,10-11,16H2,1-2H3. The highest BCUT2D eigenvalue weighted by molar-refractivity contribution is 7.89. The predicted octanol–water partition coefficient (Wildman–Crippen LogP) is 4.99. The Hall–Kier alpha value is -2.51. The number of hydrogen-bond donors (Lipinski definition) is 0. The Balaban J connectivity index is 1.63. The Bertz CT molecular complexity index is 1070. The molecule has 0 atom stereocenters. The lowest BCUT2D eigenvalue weighted by Gasteiger charge is -2.26. The van der Waals surface area contributed by atoms with E-state index in [9.17, 15) is 8.42 Å². The first-order valence-corrected chi connectivity index (χ1v) is 11.9. The maximum absolute atomic E-state index is 13.5. The highest BCUT2D eigenvalue weighted by Gasteiger charge is 2.34. The first-order valence-electron chi connectivity index (χ1n) is 10.4. The fourth-order valence-electron chi connectivity index (χ4n) is 3.92. The molecule has 0 N–H and O–H groups in total. The van der Waals surface area contributed by atoms with E-state index in [1.165, 1.54) is 0 Å². The second-order valence-corrected chi connectivity index (χ2v) is 9.98. The fourth-order valence-corrected chi connectivity index (χ4v) is 5.55. The quantitative estimate of drug-likeness (QED) is 0.533. The van der Waals surface area contributed by atoms with Crippen LogP contribution in [0.3, 0.4) is 0 Å². The molecule has 158 valence electrons. The molecular weight excluding hydrogens is 398 g/mol. The summed E-state index contributed by atoms with van der Waals surface area (Å²) in [6.07, 6.45) is 3.76. The van der Waals surface area contributed by atoms with Crippen molar-refractivity contribution in [2.24, 2.45) is 0 Å². The van der Waals surface area contributed by atoms with Crippen LogP contribution in [0.2, 0.25) is 0 Å². The minimum Gasteiger partial charge on any atom is -0.338 e. The van der Waals surface area contributed by atoms with Crippen molar-refractivity contribution in [1.82, 2.24) is 14.4 Å². The lowest BCUT2D eigenvalue weighted by Crippen LogP contribution is -2.38. The van der Waals surface area contributed by atoms with E-state index in [1.807, 2.05) is 42.5 Å². The third kappa shape index (κ3) is 4.32. The lowest BCUT2D eigenvalue weighted by atomic mass is 10.0. The molecule has 0 unspecified atom stereocenters. The highest BCUT2D eigenvalue weighted by Crippen LogP contribution is 2.31. The van der Waals surface area contributed by atoms with E-state index in [0.717, 1.165) is 36.8 Å². The van der Waals surface area contributed by atoms with Crippen LogP contribution in [0.15, 0.2) is 64.0 Å². The number of hydrogen-bond acceptors (Lipinski definition) is 5. The molecule has 7 heteroatoms. The number of aromatic nitrogens is 2. The van der Waals surface area contributed by atoms with Gasteiger partial charge in [-0.25, -0.2) is 8.42 Å². The van der Waals surface area contributed by atoms with Crippen LogP contribution >= 0.6 is 0 Å². The van der Waals surface area contributed by atoms with Crippen LogP contribution in [0, 0.1) is 0 Å². The van der Waals surface area contributed by atoms with Crippen molar-refractivity contribution in [2.75, 3.05) is 0 Å². The van der Waals surface area contributed by atoms with Crippen molar-refractivity contribution >= 4 is 10.0 Å². The molecule has 0 spiro atoms. The zero-order chi connectivity index (χ0) is 21.1. The van der Waals surface area contributed by atoms with Crippen LogP contribution in [0.4, 0.5) is 0 Å². The van der Waals surface area contributed by atoms with Gasteiger partial charge in [0.1, 0.15) is 0 Å². The van der Waals surface area contributed by atoms with Gasteiger partial charge in [-0.05, 0) is 36.5 Å². The second-order valence-electron chi connectivity index (χ2n) is 8.09. The molecule has 1 fully saturated rings. The molecule has 1 aliphatic rings. The Morgan fingerprint density at radius 2 is 1.70 bits per heavy atom. The van der Waals surface area contributed by atoms with Gasteiger partial charge in [-0.1, -0.05) is 74.3 Å². The van der Waals surface area contributed by atoms with E-state index in [0.29, 0.717) is 22.5 Å². The average molecular weight is 426 g/mol. The van der Waals surface area contributed by atoms with E-state index in [1.54, 1.807) is 16.4 Å². The van der Waals surface area contributed by atoms with Crippen LogP contribution in [0.5, 0.6) is 0 Å². The largest absolute Gasteiger partial charge is 0.338 e. The molecule has 4 rings (SSSR count). The Morgan fingerprint density at radius 3 is 2.33 bits per heavy atom. The summed E-state index contributed by atoms with van der Waals surface area (Å²) in [6, 6.07) is 16.7. The molecule has 0 amide bonds. The van der Waals surface area contributed by atoms with Gasteiger partial charge in [0.05, 0.1) is 11.4 Å². The van der Waals surface area contributed by atoms with Crippen molar-refractivity contribution in [3.05, 3.63) is 66.1 Å². The summed E-state index contributed by atoms with van der Waals surface area (Å²) in [5, 5.41) is 4.04. The first kappa shape index (κ1) is 20.8. The van der Waals surface area contributed by atoms with E-state index in [-0.39, 0.29) is 12.6 Å². The van der Waals surface area contributed by atoms with Gasteiger partial charge in [0.2, 0.25) is 21.7 Å². The van der Waals surface area contributed by atoms with Crippen molar-refractivity contribution in [1.29, 1.82) is 0 Å². The van der Waals surface area contributed by atoms with Gasteiger partial charge in [0.15, 0.2) is 0 Å². The van der Waals surface area contributed by atoms with Crippen LogP contribution in [0.25, 0.3) is 11.4 Å². The molecule has 1 aromatic heterocycles. The topological polar surface area (TPSA) is 76.3 Å². The van der Waals surface area contributed by atoms with Gasteiger partial charge in [-0.15, -0.1) is 0 Å². The van der Waals surface area contributed by atoms with Crippen molar-refractivity contribution in [3.63, 3.8) is 0 Å². The zero-order valence-electron chi connectivity index (χ0n) is 17.4. The van der Waals surface area contributed by atoms with Crippen molar-refractivity contribution < 1.29 is 12.9 Å². The molecule has 0 aliphatic heterocycles. The molecule has 3 aromatic rings. The molecule has 1 aliphatic carbocycles. The van der Waals surface area contributed by atoms with Gasteiger partial charge < -0.3 is 4.52 Å². The highest BCUT2D eigenvalue weighted by atomic mass is 32.2. The first-order chi connectivity index (χ1) is 14.4. The third-order valence-electron chi connectivity index (χ3n) is 5.68. The summed E-state index contributed by atoms with van der Waals surface area (Å²) in [6.45, 7) is 4.27. The minimum absolute atomic E-state index is 0.0492. The van der Waals surface area contributed by atoms with E-state index in [2.05, 4.69) is 24.0 Å². The molecule has 0 radical (unpaired) electrons. The predicted molar refractivity (Wildman–Crippen MR) is 115 cm³/mol. The van der Waals surface area contributed by atoms with Gasteiger partial charge in [0, 0.05) is 11.6 Å². The number of benzene rings is 2.